The van der Waals surface area contributed by atoms with E-state index in [9.17, 15) is 9.59 Å². The van der Waals surface area contributed by atoms with Gasteiger partial charge in [-0.2, -0.15) is 0 Å². The quantitative estimate of drug-likeness (QED) is 0.677. The van der Waals surface area contributed by atoms with Gasteiger partial charge in [0.25, 0.3) is 5.91 Å². The molecule has 30 heavy (non-hydrogen) atoms. The number of nitrogens with zero attached hydrogens (tertiary/aromatic N) is 3. The molecule has 1 unspecified atom stereocenters. The summed E-state index contributed by atoms with van der Waals surface area (Å²) in [6.07, 6.45) is 2.46. The molecule has 5 rings (SSSR count). The molecule has 2 aliphatic rings. The Bertz CT molecular complexity index is 1160. The Labute approximate surface area is 174 Å². The van der Waals surface area contributed by atoms with Crippen molar-refractivity contribution in [2.24, 2.45) is 0 Å². The zero-order valence-electron chi connectivity index (χ0n) is 16.7. The highest BCUT2D eigenvalue weighted by Gasteiger charge is 2.43. The third-order valence-electron chi connectivity index (χ3n) is 5.75. The number of fused-ring (bicyclic) bond motifs is 2. The van der Waals surface area contributed by atoms with Gasteiger partial charge in [0.2, 0.25) is 0 Å². The Kier molecular flexibility index (Phi) is 4.38. The predicted molar refractivity (Wildman–Crippen MR) is 114 cm³/mol. The first-order chi connectivity index (χ1) is 14.5. The molecule has 1 amide bonds. The van der Waals surface area contributed by atoms with Crippen molar-refractivity contribution in [2.75, 3.05) is 23.3 Å². The fourth-order valence-electron chi connectivity index (χ4n) is 4.12. The second kappa shape index (κ2) is 7.09. The van der Waals surface area contributed by atoms with Crippen molar-refractivity contribution in [1.82, 2.24) is 9.97 Å². The van der Waals surface area contributed by atoms with Gasteiger partial charge >= 0.3 is 5.97 Å². The molecule has 2 aliphatic heterocycles. The van der Waals surface area contributed by atoms with E-state index in [0.717, 1.165) is 37.0 Å². The monoisotopic (exact) mass is 402 g/mol. The van der Waals surface area contributed by atoms with Gasteiger partial charge in [-0.1, -0.05) is 30.3 Å². The van der Waals surface area contributed by atoms with Crippen molar-refractivity contribution in [3.8, 4) is 0 Å². The van der Waals surface area contributed by atoms with Crippen LogP contribution < -0.4 is 10.2 Å². The Morgan fingerprint density at radius 1 is 1.03 bits per heavy atom. The van der Waals surface area contributed by atoms with Crippen molar-refractivity contribution in [3.05, 3.63) is 59.7 Å². The molecule has 1 fully saturated rings. The Morgan fingerprint density at radius 2 is 1.70 bits per heavy atom. The Balaban J connectivity index is 1.50. The summed E-state index contributed by atoms with van der Waals surface area (Å²) >= 11 is 0. The molecule has 1 atom stereocenters. The van der Waals surface area contributed by atoms with E-state index in [1.54, 1.807) is 19.1 Å². The summed E-state index contributed by atoms with van der Waals surface area (Å²) in [6, 6.07) is 14.8. The summed E-state index contributed by atoms with van der Waals surface area (Å²) < 4.78 is 5.57. The standard InChI is InChI=1S/C23H22N4O3/c1-23(14-15-8-2-3-9-16(15)21(28)30-23)22(29)26-19-20(27-12-6-7-13-27)25-18-11-5-4-10-17(18)24-19/h2-5,8-11H,6-7,12-14H2,1H3,(H,24,26,29). The second-order valence-electron chi connectivity index (χ2n) is 7.99. The van der Waals surface area contributed by atoms with Crippen LogP contribution in [0.25, 0.3) is 11.0 Å². The number of aromatic nitrogens is 2. The van der Waals surface area contributed by atoms with Crippen LogP contribution in [0, 0.1) is 0 Å². The zero-order valence-corrected chi connectivity index (χ0v) is 16.7. The van der Waals surface area contributed by atoms with Crippen LogP contribution in [0.3, 0.4) is 0 Å². The van der Waals surface area contributed by atoms with Gasteiger partial charge < -0.3 is 15.0 Å². The lowest BCUT2D eigenvalue weighted by Crippen LogP contribution is -2.49. The van der Waals surface area contributed by atoms with Gasteiger partial charge in [-0.25, -0.2) is 14.8 Å². The number of hydrogen-bond donors (Lipinski definition) is 1. The third kappa shape index (κ3) is 3.16. The molecule has 1 saturated heterocycles. The number of para-hydroxylation sites is 2. The number of anilines is 2. The maximum Gasteiger partial charge on any atom is 0.339 e. The van der Waals surface area contributed by atoms with Crippen LogP contribution in [0.4, 0.5) is 11.6 Å². The third-order valence-corrected chi connectivity index (χ3v) is 5.75. The topological polar surface area (TPSA) is 84.4 Å². The van der Waals surface area contributed by atoms with E-state index in [1.807, 2.05) is 36.4 Å². The van der Waals surface area contributed by atoms with Crippen molar-refractivity contribution >= 4 is 34.5 Å². The molecule has 0 saturated carbocycles. The fraction of sp³-hybridized carbons (Fsp3) is 0.304. The number of amides is 1. The minimum absolute atomic E-state index is 0.306. The minimum Gasteiger partial charge on any atom is -0.445 e. The van der Waals surface area contributed by atoms with E-state index in [1.165, 1.54) is 0 Å². The van der Waals surface area contributed by atoms with Crippen LogP contribution in [0.1, 0.15) is 35.7 Å². The molecule has 0 radical (unpaired) electrons. The van der Waals surface area contributed by atoms with Gasteiger partial charge in [0, 0.05) is 19.5 Å². The van der Waals surface area contributed by atoms with E-state index in [2.05, 4.69) is 15.2 Å². The average Bonchev–Trinajstić information content (AvgIpc) is 3.28. The molecule has 1 aromatic heterocycles. The summed E-state index contributed by atoms with van der Waals surface area (Å²) in [5, 5.41) is 2.91. The van der Waals surface area contributed by atoms with Gasteiger partial charge in [0.05, 0.1) is 16.6 Å². The minimum atomic E-state index is -1.32. The van der Waals surface area contributed by atoms with Gasteiger partial charge in [-0.15, -0.1) is 0 Å². The van der Waals surface area contributed by atoms with Crippen LogP contribution in [-0.4, -0.2) is 40.5 Å². The summed E-state index contributed by atoms with van der Waals surface area (Å²) in [4.78, 5) is 37.3. The first-order valence-corrected chi connectivity index (χ1v) is 10.2. The number of rotatable bonds is 3. The van der Waals surface area contributed by atoms with E-state index in [-0.39, 0.29) is 0 Å². The maximum atomic E-state index is 13.3. The molecule has 1 N–H and O–H groups in total. The molecule has 0 bridgehead atoms. The van der Waals surface area contributed by atoms with Gasteiger partial charge in [-0.05, 0) is 43.5 Å². The molecule has 2 aromatic carbocycles. The molecule has 0 aliphatic carbocycles. The van der Waals surface area contributed by atoms with Gasteiger partial charge in [0.15, 0.2) is 17.2 Å². The summed E-state index contributed by atoms with van der Waals surface area (Å²) in [7, 11) is 0. The summed E-state index contributed by atoms with van der Waals surface area (Å²) in [6.45, 7) is 3.38. The number of benzene rings is 2. The van der Waals surface area contributed by atoms with Crippen molar-refractivity contribution in [3.63, 3.8) is 0 Å². The average molecular weight is 402 g/mol. The highest BCUT2D eigenvalue weighted by Crippen LogP contribution is 2.32. The Morgan fingerprint density at radius 3 is 2.47 bits per heavy atom. The zero-order chi connectivity index (χ0) is 20.7. The number of carbonyl (C=O) groups excluding carboxylic acids is 2. The number of nitrogens with one attached hydrogen (secondary N) is 1. The van der Waals surface area contributed by atoms with E-state index in [0.29, 0.717) is 29.1 Å². The SMILES string of the molecule is CC1(C(=O)Nc2nc3ccccc3nc2N2CCCC2)Cc2ccccc2C(=O)O1. The molecule has 3 aromatic rings. The predicted octanol–water partition coefficient (Wildman–Crippen LogP) is 3.34. The molecule has 0 spiro atoms. The van der Waals surface area contributed by atoms with Gasteiger partial charge in [-0.3, -0.25) is 4.79 Å². The van der Waals surface area contributed by atoms with Crippen LogP contribution in [-0.2, 0) is 16.0 Å². The highest BCUT2D eigenvalue weighted by molar-refractivity contribution is 6.03. The van der Waals surface area contributed by atoms with Crippen LogP contribution in [0.2, 0.25) is 0 Å². The normalized spacial score (nSPS) is 20.7. The molecule has 7 nitrogen and oxygen atoms in total. The number of hydrogen-bond acceptors (Lipinski definition) is 6. The molecular weight excluding hydrogens is 380 g/mol. The Hall–Kier alpha value is -3.48. The van der Waals surface area contributed by atoms with Gasteiger partial charge in [0.1, 0.15) is 0 Å². The summed E-state index contributed by atoms with van der Waals surface area (Å²) in [5.74, 6) is 0.164. The molecule has 7 heteroatoms. The van der Waals surface area contributed by atoms with Crippen molar-refractivity contribution in [2.45, 2.75) is 31.8 Å². The molecular formula is C23H22N4O3. The number of carbonyl (C=O) groups is 2. The number of ether oxygens (including phenoxy) is 1. The van der Waals surface area contributed by atoms with Crippen LogP contribution >= 0.6 is 0 Å². The van der Waals surface area contributed by atoms with Crippen LogP contribution in [0.15, 0.2) is 48.5 Å². The van der Waals surface area contributed by atoms with E-state index >= 15 is 0 Å². The lowest BCUT2D eigenvalue weighted by atomic mass is 9.89. The number of esters is 1. The summed E-state index contributed by atoms with van der Waals surface area (Å²) in [5.41, 5.74) is 1.47. The molecule has 152 valence electrons. The van der Waals surface area contributed by atoms with Crippen molar-refractivity contribution < 1.29 is 14.3 Å². The second-order valence-corrected chi connectivity index (χ2v) is 7.99. The van der Waals surface area contributed by atoms with Crippen molar-refractivity contribution in [1.29, 1.82) is 0 Å². The van der Waals surface area contributed by atoms with E-state index in [4.69, 9.17) is 9.72 Å². The van der Waals surface area contributed by atoms with E-state index < -0.39 is 17.5 Å². The highest BCUT2D eigenvalue weighted by atomic mass is 16.6. The largest absolute Gasteiger partial charge is 0.445 e. The maximum absolute atomic E-state index is 13.3. The smallest absolute Gasteiger partial charge is 0.339 e. The first-order valence-electron chi connectivity index (χ1n) is 10.2. The lowest BCUT2D eigenvalue weighted by Gasteiger charge is -2.33. The van der Waals surface area contributed by atoms with Crippen LogP contribution in [0.5, 0.6) is 0 Å². The lowest BCUT2D eigenvalue weighted by molar-refractivity contribution is -0.134. The fourth-order valence-corrected chi connectivity index (χ4v) is 4.12. The first kappa shape index (κ1) is 18.5. The number of cyclic esters (lactones) is 1. The molecule has 3 heterocycles.